The van der Waals surface area contributed by atoms with Gasteiger partial charge < -0.3 is 0 Å². The first-order valence-electron chi connectivity index (χ1n) is 7.30. The maximum Gasteiger partial charge on any atom is 0.142 e. The van der Waals surface area contributed by atoms with Crippen molar-refractivity contribution in [1.82, 2.24) is 4.98 Å². The van der Waals surface area contributed by atoms with E-state index in [2.05, 4.69) is 29.8 Å². The lowest BCUT2D eigenvalue weighted by Crippen LogP contribution is -1.88. The second-order valence-electron chi connectivity index (χ2n) is 4.86. The number of rotatable bonds is 5. The van der Waals surface area contributed by atoms with Gasteiger partial charge in [-0.2, -0.15) is 0 Å². The zero-order valence-electron chi connectivity index (χ0n) is 13.6. The molecule has 0 aliphatic carbocycles. The van der Waals surface area contributed by atoms with E-state index >= 15 is 0 Å². The van der Waals surface area contributed by atoms with Gasteiger partial charge in [0.1, 0.15) is 5.82 Å². The van der Waals surface area contributed by atoms with Crippen LogP contribution in [0, 0.1) is 24.6 Å². The van der Waals surface area contributed by atoms with Gasteiger partial charge in [-0.1, -0.05) is 37.3 Å². The first-order chi connectivity index (χ1) is 10.6. The molecular formula is C19H22FNS. The molecular weight excluding hydrogens is 293 g/mol. The average molecular weight is 315 g/mol. The lowest BCUT2D eigenvalue weighted by Gasteiger charge is -1.99. The summed E-state index contributed by atoms with van der Waals surface area (Å²) >= 11 is 1.62. The van der Waals surface area contributed by atoms with Crippen molar-refractivity contribution in [2.45, 2.75) is 33.6 Å². The summed E-state index contributed by atoms with van der Waals surface area (Å²) < 4.78 is 13.2. The molecule has 0 saturated heterocycles. The fourth-order valence-electron chi connectivity index (χ4n) is 1.68. The van der Waals surface area contributed by atoms with Crippen molar-refractivity contribution in [2.75, 3.05) is 6.26 Å². The molecule has 3 heteroatoms. The van der Waals surface area contributed by atoms with Gasteiger partial charge in [-0.25, -0.2) is 4.39 Å². The molecule has 0 aliphatic rings. The molecule has 1 aromatic heterocycles. The minimum Gasteiger partial charge on any atom is -0.258 e. The Bertz CT molecular complexity index is 645. The van der Waals surface area contributed by atoms with Crippen LogP contribution in [0.1, 0.15) is 37.9 Å². The predicted molar refractivity (Wildman–Crippen MR) is 96.0 cm³/mol. The van der Waals surface area contributed by atoms with Crippen molar-refractivity contribution in [2.24, 2.45) is 0 Å². The highest BCUT2D eigenvalue weighted by molar-refractivity contribution is 8.02. The number of aryl methyl sites for hydroxylation is 1. The van der Waals surface area contributed by atoms with Gasteiger partial charge in [0, 0.05) is 5.69 Å². The lowest BCUT2D eigenvalue weighted by atomic mass is 10.1. The number of halogens is 1. The van der Waals surface area contributed by atoms with Crippen molar-refractivity contribution in [3.05, 3.63) is 58.0 Å². The number of hydrogen-bond donors (Lipinski definition) is 0. The third kappa shape index (κ3) is 6.78. The molecule has 0 bridgehead atoms. The summed E-state index contributed by atoms with van der Waals surface area (Å²) in [6, 6.07) is 1.48. The fraction of sp³-hybridized carbons (Fsp3) is 0.316. The molecule has 1 heterocycles. The number of pyridine rings is 1. The lowest BCUT2D eigenvalue weighted by molar-refractivity contribution is 0.619. The summed E-state index contributed by atoms with van der Waals surface area (Å²) in [6.45, 7) is 5.93. The van der Waals surface area contributed by atoms with Crippen LogP contribution in [0.5, 0.6) is 0 Å². The van der Waals surface area contributed by atoms with Crippen molar-refractivity contribution in [3.63, 3.8) is 0 Å². The number of thioether (sulfide) groups is 1. The molecule has 1 nitrogen and oxygen atoms in total. The van der Waals surface area contributed by atoms with Crippen molar-refractivity contribution >= 4 is 17.8 Å². The summed E-state index contributed by atoms with van der Waals surface area (Å²) in [5.41, 5.74) is 2.45. The summed E-state index contributed by atoms with van der Waals surface area (Å²) in [6.07, 6.45) is 13.5. The molecule has 0 amide bonds. The summed E-state index contributed by atoms with van der Waals surface area (Å²) in [7, 11) is 0. The van der Waals surface area contributed by atoms with Gasteiger partial charge in [-0.05, 0) is 55.9 Å². The highest BCUT2D eigenvalue weighted by Crippen LogP contribution is 2.13. The van der Waals surface area contributed by atoms with Gasteiger partial charge in [0.2, 0.25) is 0 Å². The van der Waals surface area contributed by atoms with E-state index in [1.807, 2.05) is 38.3 Å². The third-order valence-electron chi connectivity index (χ3n) is 2.91. The third-order valence-corrected chi connectivity index (χ3v) is 3.58. The molecule has 116 valence electrons. The summed E-state index contributed by atoms with van der Waals surface area (Å²) in [4.78, 5) is 5.02. The molecule has 0 N–H and O–H groups in total. The number of hydrogen-bond acceptors (Lipinski definition) is 2. The normalized spacial score (nSPS) is 12.4. The van der Waals surface area contributed by atoms with Gasteiger partial charge in [0.05, 0.1) is 11.1 Å². The molecule has 0 radical (unpaired) electrons. The molecule has 0 aliphatic heterocycles. The van der Waals surface area contributed by atoms with Crippen molar-refractivity contribution < 1.29 is 4.39 Å². The van der Waals surface area contributed by atoms with Crippen molar-refractivity contribution in [3.8, 4) is 11.8 Å². The van der Waals surface area contributed by atoms with E-state index in [0.717, 1.165) is 34.6 Å². The zero-order chi connectivity index (χ0) is 16.4. The Hall–Kier alpha value is -1.79. The number of allylic oxidation sites excluding steroid dienone is 5. The Kier molecular flexibility index (Phi) is 8.32. The average Bonchev–Trinajstić information content (AvgIpc) is 2.50. The van der Waals surface area contributed by atoms with Gasteiger partial charge in [0.25, 0.3) is 0 Å². The Morgan fingerprint density at radius 1 is 1.41 bits per heavy atom. The summed E-state index contributed by atoms with van der Waals surface area (Å²) in [5, 5.41) is 0. The fourth-order valence-corrected chi connectivity index (χ4v) is 2.05. The maximum absolute atomic E-state index is 13.2. The van der Waals surface area contributed by atoms with E-state index < -0.39 is 0 Å². The van der Waals surface area contributed by atoms with Crippen LogP contribution in [0.2, 0.25) is 0 Å². The molecule has 0 atom stereocenters. The first kappa shape index (κ1) is 18.3. The first-order valence-corrected chi connectivity index (χ1v) is 8.52. The van der Waals surface area contributed by atoms with Crippen LogP contribution in [0.25, 0.3) is 6.08 Å². The minimum absolute atomic E-state index is 0.330. The van der Waals surface area contributed by atoms with Crippen LogP contribution in [0.15, 0.2) is 41.0 Å². The number of nitrogens with zero attached hydrogens (tertiary/aromatic N) is 1. The monoisotopic (exact) mass is 315 g/mol. The Balaban J connectivity index is 2.88. The van der Waals surface area contributed by atoms with E-state index in [-0.39, 0.29) is 5.82 Å². The van der Waals surface area contributed by atoms with Crippen LogP contribution >= 0.6 is 11.8 Å². The molecule has 0 spiro atoms. The molecule has 22 heavy (non-hydrogen) atoms. The SMILES string of the molecule is CCC/C=C/C=C(/C#C/C(C)=C/c1cc(F)cnc1C)SC. The van der Waals surface area contributed by atoms with Crippen molar-refractivity contribution in [1.29, 1.82) is 0 Å². The topological polar surface area (TPSA) is 12.9 Å². The number of unbranched alkanes of at least 4 members (excludes halogenated alkanes) is 1. The van der Waals surface area contributed by atoms with Crippen LogP contribution in [-0.4, -0.2) is 11.2 Å². The minimum atomic E-state index is -0.330. The van der Waals surface area contributed by atoms with E-state index in [1.165, 1.54) is 12.3 Å². The molecule has 0 aromatic carbocycles. The highest BCUT2D eigenvalue weighted by atomic mass is 32.2. The highest BCUT2D eigenvalue weighted by Gasteiger charge is 1.99. The second-order valence-corrected chi connectivity index (χ2v) is 5.71. The van der Waals surface area contributed by atoms with E-state index in [9.17, 15) is 4.39 Å². The Morgan fingerprint density at radius 2 is 2.18 bits per heavy atom. The van der Waals surface area contributed by atoms with Crippen LogP contribution in [0.3, 0.4) is 0 Å². The molecule has 0 saturated carbocycles. The van der Waals surface area contributed by atoms with E-state index in [1.54, 1.807) is 11.8 Å². The quantitative estimate of drug-likeness (QED) is 0.523. The molecule has 1 rings (SSSR count). The smallest absolute Gasteiger partial charge is 0.142 e. The van der Waals surface area contributed by atoms with Gasteiger partial charge in [-0.15, -0.1) is 11.8 Å². The largest absolute Gasteiger partial charge is 0.258 e. The van der Waals surface area contributed by atoms with Gasteiger partial charge >= 0.3 is 0 Å². The van der Waals surface area contributed by atoms with Crippen LogP contribution in [0.4, 0.5) is 4.39 Å². The Labute approximate surface area is 137 Å². The van der Waals surface area contributed by atoms with Crippen LogP contribution in [-0.2, 0) is 0 Å². The van der Waals surface area contributed by atoms with E-state index in [0.29, 0.717) is 0 Å². The molecule has 0 fully saturated rings. The number of aromatic nitrogens is 1. The summed E-state index contributed by atoms with van der Waals surface area (Å²) in [5.74, 6) is 5.92. The standard InChI is InChI=1S/C19H22FNS/c1-5-6-7-8-9-19(22-4)11-10-15(2)12-17-13-18(20)14-21-16(17)3/h7-9,12-14H,5-6H2,1-4H3/b8-7+,15-12+,19-9-. The zero-order valence-corrected chi connectivity index (χ0v) is 14.4. The molecule has 1 aromatic rings. The Morgan fingerprint density at radius 3 is 2.86 bits per heavy atom. The van der Waals surface area contributed by atoms with E-state index in [4.69, 9.17) is 0 Å². The predicted octanol–water partition coefficient (Wildman–Crippen LogP) is 5.54. The second kappa shape index (κ2) is 10.0. The van der Waals surface area contributed by atoms with Gasteiger partial charge in [-0.3, -0.25) is 4.98 Å². The molecule has 0 unspecified atom stereocenters. The van der Waals surface area contributed by atoms with Gasteiger partial charge in [0.15, 0.2) is 0 Å². The maximum atomic E-state index is 13.2. The van der Waals surface area contributed by atoms with Crippen LogP contribution < -0.4 is 0 Å².